The van der Waals surface area contributed by atoms with Gasteiger partial charge in [-0.1, -0.05) is 13.8 Å². The molecule has 1 N–H and O–H groups in total. The van der Waals surface area contributed by atoms with Crippen LogP contribution in [-0.4, -0.2) is 21.8 Å². The van der Waals surface area contributed by atoms with E-state index in [-0.39, 0.29) is 6.04 Å². The maximum Gasteiger partial charge on any atom is 0.115 e. The van der Waals surface area contributed by atoms with Crippen molar-refractivity contribution < 1.29 is 0 Å². The second-order valence-electron chi connectivity index (χ2n) is 4.67. The molecule has 2 heterocycles. The lowest BCUT2D eigenvalue weighted by molar-refractivity contribution is 0.600. The van der Waals surface area contributed by atoms with Crippen molar-refractivity contribution in [3.05, 3.63) is 33.5 Å². The van der Waals surface area contributed by atoms with E-state index >= 15 is 0 Å². The largest absolute Gasteiger partial charge is 0.307 e. The third kappa shape index (κ3) is 3.04. The lowest BCUT2D eigenvalue weighted by atomic mass is 10.2. The molecule has 2 aromatic heterocycles. The Labute approximate surface area is 118 Å². The van der Waals surface area contributed by atoms with Crippen molar-refractivity contribution in [3.63, 3.8) is 0 Å². The number of rotatable bonds is 6. The van der Waals surface area contributed by atoms with Gasteiger partial charge < -0.3 is 5.32 Å². The highest BCUT2D eigenvalue weighted by Gasteiger charge is 2.19. The van der Waals surface area contributed by atoms with Crippen LogP contribution in [0.3, 0.4) is 0 Å². The van der Waals surface area contributed by atoms with Gasteiger partial charge in [0.15, 0.2) is 0 Å². The Kier molecular flexibility index (Phi) is 4.71. The van der Waals surface area contributed by atoms with Gasteiger partial charge >= 0.3 is 0 Å². The number of hydrogen-bond donors (Lipinski definition) is 1. The summed E-state index contributed by atoms with van der Waals surface area (Å²) in [4.78, 5) is 6.07. The van der Waals surface area contributed by atoms with Crippen molar-refractivity contribution >= 4 is 11.3 Å². The Hall–Kier alpha value is -1.20. The van der Waals surface area contributed by atoms with E-state index in [4.69, 9.17) is 4.98 Å². The van der Waals surface area contributed by atoms with Crippen molar-refractivity contribution in [1.29, 1.82) is 0 Å². The number of nitrogens with one attached hydrogen (secondary N) is 1. The molecule has 0 amide bonds. The van der Waals surface area contributed by atoms with Crippen LogP contribution in [0.5, 0.6) is 0 Å². The number of aryl methyl sites for hydroxylation is 3. The zero-order valence-electron chi connectivity index (χ0n) is 12.1. The van der Waals surface area contributed by atoms with E-state index in [1.165, 1.54) is 16.1 Å². The summed E-state index contributed by atoms with van der Waals surface area (Å²) < 4.78 is 2.00. The highest BCUT2D eigenvalue weighted by Crippen LogP contribution is 2.28. The molecule has 4 nitrogen and oxygen atoms in total. The first-order valence-corrected chi connectivity index (χ1v) is 7.67. The van der Waals surface area contributed by atoms with Crippen molar-refractivity contribution in [1.82, 2.24) is 20.1 Å². The minimum Gasteiger partial charge on any atom is -0.307 e. The molecule has 0 aliphatic carbocycles. The maximum atomic E-state index is 4.75. The molecule has 1 unspecified atom stereocenters. The molecule has 0 aromatic carbocycles. The predicted octanol–water partition coefficient (Wildman–Crippen LogP) is 2.93. The topological polar surface area (TPSA) is 42.7 Å². The Morgan fingerprint density at radius 1 is 1.42 bits per heavy atom. The molecular weight excluding hydrogens is 256 g/mol. The van der Waals surface area contributed by atoms with E-state index in [0.29, 0.717) is 0 Å². The first-order chi connectivity index (χ1) is 9.19. The van der Waals surface area contributed by atoms with Gasteiger partial charge in [-0.25, -0.2) is 4.98 Å². The molecule has 19 heavy (non-hydrogen) atoms. The monoisotopic (exact) mass is 278 g/mol. The molecule has 5 heteroatoms. The summed E-state index contributed by atoms with van der Waals surface area (Å²) in [6.07, 6.45) is 6.15. The zero-order chi connectivity index (χ0) is 13.8. The van der Waals surface area contributed by atoms with Crippen LogP contribution in [0.15, 0.2) is 12.4 Å². The molecule has 0 radical (unpaired) electrons. The molecule has 2 rings (SSSR count). The quantitative estimate of drug-likeness (QED) is 0.883. The van der Waals surface area contributed by atoms with Gasteiger partial charge in [0.2, 0.25) is 0 Å². The molecule has 0 saturated heterocycles. The number of thiazole rings is 1. The SMILES string of the molecule is CCCn1cc(C(NC)c2nc(CC)c(C)s2)cn1. The van der Waals surface area contributed by atoms with E-state index in [1.807, 2.05) is 17.9 Å². The summed E-state index contributed by atoms with van der Waals surface area (Å²) >= 11 is 1.78. The van der Waals surface area contributed by atoms with Crippen LogP contribution < -0.4 is 5.32 Å². The minimum atomic E-state index is 0.148. The van der Waals surface area contributed by atoms with Crippen molar-refractivity contribution in [2.75, 3.05) is 7.05 Å². The number of aromatic nitrogens is 3. The Morgan fingerprint density at radius 2 is 2.21 bits per heavy atom. The molecule has 2 aromatic rings. The minimum absolute atomic E-state index is 0.148. The molecule has 0 aliphatic heterocycles. The lowest BCUT2D eigenvalue weighted by Crippen LogP contribution is -2.17. The highest BCUT2D eigenvalue weighted by molar-refractivity contribution is 7.11. The normalized spacial score (nSPS) is 12.8. The van der Waals surface area contributed by atoms with Gasteiger partial charge in [0, 0.05) is 23.2 Å². The molecule has 104 valence electrons. The van der Waals surface area contributed by atoms with Gasteiger partial charge in [-0.05, 0) is 26.8 Å². The fourth-order valence-corrected chi connectivity index (χ4v) is 3.36. The van der Waals surface area contributed by atoms with E-state index in [1.54, 1.807) is 11.3 Å². The molecule has 0 bridgehead atoms. The average molecular weight is 278 g/mol. The molecule has 0 fully saturated rings. The fourth-order valence-electron chi connectivity index (χ4n) is 2.21. The van der Waals surface area contributed by atoms with Crippen LogP contribution in [0.2, 0.25) is 0 Å². The van der Waals surface area contributed by atoms with Gasteiger partial charge in [0.05, 0.1) is 17.9 Å². The standard InChI is InChI=1S/C14H22N4S/c1-5-7-18-9-11(8-16-18)13(15-4)14-17-12(6-2)10(3)19-14/h8-9,13,15H,5-7H2,1-4H3. The summed E-state index contributed by atoms with van der Waals surface area (Å²) in [5.74, 6) is 0. The Bertz CT molecular complexity index is 529. The van der Waals surface area contributed by atoms with Crippen LogP contribution in [0.25, 0.3) is 0 Å². The van der Waals surface area contributed by atoms with Crippen LogP contribution in [0, 0.1) is 6.92 Å². The molecule has 0 saturated carbocycles. The van der Waals surface area contributed by atoms with Crippen LogP contribution in [0.1, 0.15) is 47.5 Å². The van der Waals surface area contributed by atoms with Gasteiger partial charge in [-0.3, -0.25) is 4.68 Å². The second kappa shape index (κ2) is 6.30. The highest BCUT2D eigenvalue weighted by atomic mass is 32.1. The first-order valence-electron chi connectivity index (χ1n) is 6.85. The van der Waals surface area contributed by atoms with Crippen molar-refractivity contribution in [3.8, 4) is 0 Å². The third-order valence-corrected chi connectivity index (χ3v) is 4.30. The number of nitrogens with zero attached hydrogens (tertiary/aromatic N) is 3. The average Bonchev–Trinajstić information content (AvgIpc) is 2.98. The summed E-state index contributed by atoms with van der Waals surface area (Å²) in [6.45, 7) is 7.43. The van der Waals surface area contributed by atoms with E-state index < -0.39 is 0 Å². The molecular formula is C14H22N4S. The smallest absolute Gasteiger partial charge is 0.115 e. The van der Waals surface area contributed by atoms with Crippen LogP contribution in [0.4, 0.5) is 0 Å². The lowest BCUT2D eigenvalue weighted by Gasteiger charge is -2.10. The molecule has 1 atom stereocenters. The maximum absolute atomic E-state index is 4.75. The predicted molar refractivity (Wildman–Crippen MR) is 79.6 cm³/mol. The van der Waals surface area contributed by atoms with Crippen molar-refractivity contribution in [2.24, 2.45) is 0 Å². The van der Waals surface area contributed by atoms with Gasteiger partial charge in [0.1, 0.15) is 5.01 Å². The van der Waals surface area contributed by atoms with E-state index in [2.05, 4.69) is 37.4 Å². The summed E-state index contributed by atoms with van der Waals surface area (Å²) in [6, 6.07) is 0.148. The first kappa shape index (κ1) is 14.2. The van der Waals surface area contributed by atoms with Crippen LogP contribution >= 0.6 is 11.3 Å². The third-order valence-electron chi connectivity index (χ3n) is 3.22. The van der Waals surface area contributed by atoms with Gasteiger partial charge in [0.25, 0.3) is 0 Å². The van der Waals surface area contributed by atoms with E-state index in [9.17, 15) is 0 Å². The summed E-state index contributed by atoms with van der Waals surface area (Å²) in [5.41, 5.74) is 2.40. The van der Waals surface area contributed by atoms with E-state index in [0.717, 1.165) is 24.4 Å². The summed E-state index contributed by atoms with van der Waals surface area (Å²) in [7, 11) is 1.98. The van der Waals surface area contributed by atoms with Crippen LogP contribution in [-0.2, 0) is 13.0 Å². The number of hydrogen-bond acceptors (Lipinski definition) is 4. The van der Waals surface area contributed by atoms with Gasteiger partial charge in [-0.15, -0.1) is 11.3 Å². The molecule has 0 spiro atoms. The second-order valence-corrected chi connectivity index (χ2v) is 5.90. The Morgan fingerprint density at radius 3 is 2.79 bits per heavy atom. The van der Waals surface area contributed by atoms with Gasteiger partial charge in [-0.2, -0.15) is 5.10 Å². The summed E-state index contributed by atoms with van der Waals surface area (Å²) in [5, 5.41) is 8.88. The Balaban J connectivity index is 2.26. The fraction of sp³-hybridized carbons (Fsp3) is 0.571. The molecule has 0 aliphatic rings. The zero-order valence-corrected chi connectivity index (χ0v) is 12.9. The van der Waals surface area contributed by atoms with Crippen molar-refractivity contribution in [2.45, 2.75) is 46.2 Å².